The maximum absolute atomic E-state index is 12.5. The fourth-order valence-corrected chi connectivity index (χ4v) is 2.42. The van der Waals surface area contributed by atoms with Crippen molar-refractivity contribution in [3.05, 3.63) is 35.4 Å². The minimum Gasteiger partial charge on any atom is -0.327 e. The molecule has 1 unspecified atom stereocenters. The minimum atomic E-state index is -4.26. The zero-order valence-electron chi connectivity index (χ0n) is 12.8. The molecule has 0 aliphatic carbocycles. The van der Waals surface area contributed by atoms with Crippen LogP contribution in [0, 0.1) is 0 Å². The molecule has 0 saturated heterocycles. The van der Waals surface area contributed by atoms with Crippen LogP contribution in [-0.2, 0) is 12.6 Å². The summed E-state index contributed by atoms with van der Waals surface area (Å²) < 4.78 is 37.4. The predicted octanol–water partition coefficient (Wildman–Crippen LogP) is 5.33. The summed E-state index contributed by atoms with van der Waals surface area (Å²) in [5.41, 5.74) is 6.32. The molecule has 0 saturated carbocycles. The Hall–Kier alpha value is -1.03. The first-order valence-corrected chi connectivity index (χ1v) is 7.85. The molecule has 0 spiro atoms. The summed E-state index contributed by atoms with van der Waals surface area (Å²) in [5, 5.41) is 0. The van der Waals surface area contributed by atoms with Gasteiger partial charge in [0, 0.05) is 6.04 Å². The first kappa shape index (κ1) is 18.0. The monoisotopic (exact) mass is 301 g/mol. The molecule has 1 aromatic rings. The zero-order valence-corrected chi connectivity index (χ0v) is 12.8. The van der Waals surface area contributed by atoms with Crippen molar-refractivity contribution in [3.63, 3.8) is 0 Å². The van der Waals surface area contributed by atoms with E-state index in [0.717, 1.165) is 30.5 Å². The van der Waals surface area contributed by atoms with Gasteiger partial charge in [-0.1, -0.05) is 57.6 Å². The molecule has 0 amide bonds. The van der Waals surface area contributed by atoms with Crippen LogP contribution in [-0.4, -0.2) is 6.04 Å². The van der Waals surface area contributed by atoms with Crippen molar-refractivity contribution in [1.82, 2.24) is 0 Å². The molecule has 1 aromatic carbocycles. The van der Waals surface area contributed by atoms with Crippen molar-refractivity contribution in [1.29, 1.82) is 0 Å². The first-order valence-electron chi connectivity index (χ1n) is 7.85. The molecule has 1 atom stereocenters. The fraction of sp³-hybridized carbons (Fsp3) is 0.647. The highest BCUT2D eigenvalue weighted by atomic mass is 19.4. The number of unbranched alkanes of at least 4 members (excludes halogenated alkanes) is 5. The largest absolute Gasteiger partial charge is 0.416 e. The van der Waals surface area contributed by atoms with Crippen molar-refractivity contribution in [2.45, 2.75) is 70.5 Å². The van der Waals surface area contributed by atoms with E-state index in [2.05, 4.69) is 6.92 Å². The van der Waals surface area contributed by atoms with Crippen molar-refractivity contribution < 1.29 is 13.2 Å². The third kappa shape index (κ3) is 7.51. The molecule has 0 radical (unpaired) electrons. The molecular weight excluding hydrogens is 275 g/mol. The zero-order chi connectivity index (χ0) is 15.7. The van der Waals surface area contributed by atoms with E-state index in [1.165, 1.54) is 44.2 Å². The van der Waals surface area contributed by atoms with E-state index in [4.69, 9.17) is 5.73 Å². The molecule has 2 N–H and O–H groups in total. The van der Waals surface area contributed by atoms with Crippen LogP contribution in [0.4, 0.5) is 13.2 Å². The molecule has 0 aromatic heterocycles. The van der Waals surface area contributed by atoms with E-state index in [0.29, 0.717) is 6.42 Å². The molecule has 0 heterocycles. The number of rotatable bonds is 9. The topological polar surface area (TPSA) is 26.0 Å². The quantitative estimate of drug-likeness (QED) is 0.613. The van der Waals surface area contributed by atoms with Gasteiger partial charge >= 0.3 is 6.18 Å². The van der Waals surface area contributed by atoms with Crippen molar-refractivity contribution in [3.8, 4) is 0 Å². The SMILES string of the molecule is CCCCCCCCC(N)Cc1ccc(C(F)(F)F)cc1. The Bertz CT molecular complexity index is 384. The molecule has 120 valence electrons. The highest BCUT2D eigenvalue weighted by Gasteiger charge is 2.29. The van der Waals surface area contributed by atoms with E-state index in [1.807, 2.05) is 0 Å². The summed E-state index contributed by atoms with van der Waals surface area (Å²) in [5.74, 6) is 0. The van der Waals surface area contributed by atoms with E-state index in [-0.39, 0.29) is 6.04 Å². The number of alkyl halides is 3. The second-order valence-electron chi connectivity index (χ2n) is 5.72. The first-order chi connectivity index (χ1) is 9.93. The number of hydrogen-bond donors (Lipinski definition) is 1. The lowest BCUT2D eigenvalue weighted by Gasteiger charge is -2.12. The average Bonchev–Trinajstić information content (AvgIpc) is 2.42. The van der Waals surface area contributed by atoms with Crippen LogP contribution < -0.4 is 5.73 Å². The maximum atomic E-state index is 12.5. The van der Waals surface area contributed by atoms with Gasteiger partial charge in [-0.05, 0) is 30.5 Å². The molecule has 1 rings (SSSR count). The summed E-state index contributed by atoms with van der Waals surface area (Å²) >= 11 is 0. The number of hydrogen-bond acceptors (Lipinski definition) is 1. The lowest BCUT2D eigenvalue weighted by Crippen LogP contribution is -2.22. The van der Waals surface area contributed by atoms with Gasteiger partial charge in [0.1, 0.15) is 0 Å². The van der Waals surface area contributed by atoms with E-state index < -0.39 is 11.7 Å². The molecule has 4 heteroatoms. The van der Waals surface area contributed by atoms with Gasteiger partial charge in [-0.25, -0.2) is 0 Å². The summed E-state index contributed by atoms with van der Waals surface area (Å²) in [6.07, 6.45) is 4.68. The Kier molecular flexibility index (Phi) is 7.79. The van der Waals surface area contributed by atoms with Crippen LogP contribution in [0.15, 0.2) is 24.3 Å². The molecule has 0 aliphatic heterocycles. The van der Waals surface area contributed by atoms with Gasteiger partial charge in [0.25, 0.3) is 0 Å². The molecule has 0 bridgehead atoms. The average molecular weight is 301 g/mol. The lowest BCUT2D eigenvalue weighted by atomic mass is 9.99. The Labute approximate surface area is 125 Å². The van der Waals surface area contributed by atoms with E-state index >= 15 is 0 Å². The smallest absolute Gasteiger partial charge is 0.327 e. The van der Waals surface area contributed by atoms with Crippen LogP contribution in [0.1, 0.15) is 63.0 Å². The van der Waals surface area contributed by atoms with Gasteiger partial charge < -0.3 is 5.73 Å². The second kappa shape index (κ2) is 9.08. The number of halogens is 3. The van der Waals surface area contributed by atoms with Crippen LogP contribution in [0.25, 0.3) is 0 Å². The summed E-state index contributed by atoms with van der Waals surface area (Å²) in [6, 6.07) is 5.36. The van der Waals surface area contributed by atoms with Crippen LogP contribution in [0.3, 0.4) is 0 Å². The highest BCUT2D eigenvalue weighted by Crippen LogP contribution is 2.29. The van der Waals surface area contributed by atoms with Crippen molar-refractivity contribution >= 4 is 0 Å². The third-order valence-corrected chi connectivity index (χ3v) is 3.71. The van der Waals surface area contributed by atoms with Gasteiger partial charge in [-0.3, -0.25) is 0 Å². The van der Waals surface area contributed by atoms with Crippen molar-refractivity contribution in [2.24, 2.45) is 5.73 Å². The number of nitrogens with two attached hydrogens (primary N) is 1. The Morgan fingerprint density at radius 2 is 1.52 bits per heavy atom. The van der Waals surface area contributed by atoms with Crippen LogP contribution in [0.5, 0.6) is 0 Å². The normalized spacial score (nSPS) is 13.4. The predicted molar refractivity (Wildman–Crippen MR) is 81.1 cm³/mol. The molecule has 21 heavy (non-hydrogen) atoms. The van der Waals surface area contributed by atoms with Gasteiger partial charge in [0.2, 0.25) is 0 Å². The molecule has 0 aliphatic rings. The van der Waals surface area contributed by atoms with Crippen LogP contribution in [0.2, 0.25) is 0 Å². The molecular formula is C17H26F3N. The fourth-order valence-electron chi connectivity index (χ4n) is 2.42. The second-order valence-corrected chi connectivity index (χ2v) is 5.72. The summed E-state index contributed by atoms with van der Waals surface area (Å²) in [7, 11) is 0. The molecule has 0 fully saturated rings. The molecule has 1 nitrogen and oxygen atoms in total. The minimum absolute atomic E-state index is 0.0351. The van der Waals surface area contributed by atoms with E-state index in [9.17, 15) is 13.2 Å². The maximum Gasteiger partial charge on any atom is 0.416 e. The van der Waals surface area contributed by atoms with Gasteiger partial charge in [-0.2, -0.15) is 13.2 Å². The Morgan fingerprint density at radius 3 is 2.10 bits per heavy atom. The summed E-state index contributed by atoms with van der Waals surface area (Å²) in [4.78, 5) is 0. The standard InChI is InChI=1S/C17H26F3N/c1-2-3-4-5-6-7-8-16(21)13-14-9-11-15(12-10-14)17(18,19)20/h9-12,16H,2-8,13,21H2,1H3. The van der Waals surface area contributed by atoms with Gasteiger partial charge in [0.05, 0.1) is 5.56 Å². The summed E-state index contributed by atoms with van der Waals surface area (Å²) in [6.45, 7) is 2.19. The van der Waals surface area contributed by atoms with Gasteiger partial charge in [-0.15, -0.1) is 0 Å². The van der Waals surface area contributed by atoms with Crippen LogP contribution >= 0.6 is 0 Å². The van der Waals surface area contributed by atoms with Crippen molar-refractivity contribution in [2.75, 3.05) is 0 Å². The third-order valence-electron chi connectivity index (χ3n) is 3.71. The van der Waals surface area contributed by atoms with Gasteiger partial charge in [0.15, 0.2) is 0 Å². The Morgan fingerprint density at radius 1 is 0.952 bits per heavy atom. The Balaban J connectivity index is 2.26. The lowest BCUT2D eigenvalue weighted by molar-refractivity contribution is -0.137. The number of benzene rings is 1. The highest BCUT2D eigenvalue weighted by molar-refractivity contribution is 5.25. The van der Waals surface area contributed by atoms with E-state index in [1.54, 1.807) is 0 Å².